The van der Waals surface area contributed by atoms with Crippen molar-refractivity contribution in [3.63, 3.8) is 0 Å². The molecule has 2 N–H and O–H groups in total. The molecule has 0 heterocycles. The molecule has 0 aromatic heterocycles. The van der Waals surface area contributed by atoms with Crippen molar-refractivity contribution in [2.75, 3.05) is 6.54 Å². The molecule has 2 amide bonds. The largest absolute Gasteiger partial charge is 0.350 e. The molecule has 120 valence electrons. The Labute approximate surface area is 142 Å². The average Bonchev–Trinajstić information content (AvgIpc) is 2.52. The summed E-state index contributed by atoms with van der Waals surface area (Å²) in [6, 6.07) is 13.3. The number of hydrogen-bond acceptors (Lipinski definition) is 2. The number of rotatable bonds is 6. The number of hydrogen-bond donors (Lipinski definition) is 2. The van der Waals surface area contributed by atoms with Crippen LogP contribution in [-0.2, 0) is 22.6 Å². The molecule has 6 heteroatoms. The fourth-order valence-corrected chi connectivity index (χ4v) is 2.39. The van der Waals surface area contributed by atoms with Crippen LogP contribution in [-0.4, -0.2) is 18.4 Å². The van der Waals surface area contributed by atoms with E-state index in [0.717, 1.165) is 15.6 Å². The summed E-state index contributed by atoms with van der Waals surface area (Å²) in [6.45, 7) is 0.203. The summed E-state index contributed by atoms with van der Waals surface area (Å²) in [7, 11) is 0. The highest BCUT2D eigenvalue weighted by molar-refractivity contribution is 9.10. The minimum atomic E-state index is -0.320. The Morgan fingerprint density at radius 2 is 1.70 bits per heavy atom. The van der Waals surface area contributed by atoms with Gasteiger partial charge >= 0.3 is 0 Å². The minimum absolute atomic E-state index is 0.0893. The topological polar surface area (TPSA) is 58.2 Å². The molecule has 23 heavy (non-hydrogen) atoms. The Balaban J connectivity index is 1.71. The third-order valence-corrected chi connectivity index (χ3v) is 3.60. The summed E-state index contributed by atoms with van der Waals surface area (Å²) in [5, 5.41) is 5.23. The first kappa shape index (κ1) is 17.1. The van der Waals surface area contributed by atoms with Crippen LogP contribution >= 0.6 is 15.9 Å². The number of nitrogens with one attached hydrogen (secondary N) is 2. The van der Waals surface area contributed by atoms with Gasteiger partial charge in [0.1, 0.15) is 5.82 Å². The van der Waals surface area contributed by atoms with Crippen LogP contribution in [0.1, 0.15) is 11.1 Å². The van der Waals surface area contributed by atoms with E-state index in [1.807, 2.05) is 24.3 Å². The molecular weight excluding hydrogens is 363 g/mol. The van der Waals surface area contributed by atoms with E-state index in [9.17, 15) is 14.0 Å². The third kappa shape index (κ3) is 6.20. The van der Waals surface area contributed by atoms with Gasteiger partial charge in [0.25, 0.3) is 0 Å². The SMILES string of the molecule is O=C(CNC(=O)Cc1cccc(Br)c1)NCc1ccc(F)cc1. The minimum Gasteiger partial charge on any atom is -0.350 e. The van der Waals surface area contributed by atoms with E-state index < -0.39 is 0 Å². The predicted molar refractivity (Wildman–Crippen MR) is 89.1 cm³/mol. The second-order valence-electron chi connectivity index (χ2n) is 4.99. The van der Waals surface area contributed by atoms with Gasteiger partial charge in [-0.2, -0.15) is 0 Å². The Bertz CT molecular complexity index is 689. The maximum Gasteiger partial charge on any atom is 0.239 e. The van der Waals surface area contributed by atoms with Crippen molar-refractivity contribution >= 4 is 27.7 Å². The Kier molecular flexibility index (Phi) is 6.29. The Morgan fingerprint density at radius 3 is 2.39 bits per heavy atom. The lowest BCUT2D eigenvalue weighted by Crippen LogP contribution is -2.37. The number of carbonyl (C=O) groups is 2. The zero-order valence-electron chi connectivity index (χ0n) is 12.3. The number of amides is 2. The molecule has 0 saturated heterocycles. The highest BCUT2D eigenvalue weighted by Crippen LogP contribution is 2.11. The average molecular weight is 379 g/mol. The Morgan fingerprint density at radius 1 is 0.957 bits per heavy atom. The van der Waals surface area contributed by atoms with Crippen molar-refractivity contribution in [1.82, 2.24) is 10.6 Å². The molecule has 0 bridgehead atoms. The molecule has 0 unspecified atom stereocenters. The molecule has 4 nitrogen and oxygen atoms in total. The highest BCUT2D eigenvalue weighted by atomic mass is 79.9. The van der Waals surface area contributed by atoms with E-state index in [1.165, 1.54) is 12.1 Å². The van der Waals surface area contributed by atoms with Gasteiger partial charge in [-0.15, -0.1) is 0 Å². The van der Waals surface area contributed by atoms with Gasteiger partial charge < -0.3 is 10.6 Å². The lowest BCUT2D eigenvalue weighted by atomic mass is 10.1. The van der Waals surface area contributed by atoms with Crippen molar-refractivity contribution in [2.24, 2.45) is 0 Å². The molecular formula is C17H16BrFN2O2. The number of carbonyl (C=O) groups excluding carboxylic acids is 2. The summed E-state index contributed by atoms with van der Waals surface area (Å²) < 4.78 is 13.7. The van der Waals surface area contributed by atoms with Gasteiger partial charge in [0.15, 0.2) is 0 Å². The Hall–Kier alpha value is -2.21. The van der Waals surface area contributed by atoms with E-state index in [0.29, 0.717) is 6.54 Å². The zero-order chi connectivity index (χ0) is 16.7. The normalized spacial score (nSPS) is 10.2. The molecule has 0 spiro atoms. The molecule has 2 rings (SSSR count). The van der Waals surface area contributed by atoms with Crippen LogP contribution in [0.5, 0.6) is 0 Å². The van der Waals surface area contributed by atoms with Gasteiger partial charge in [-0.05, 0) is 35.4 Å². The van der Waals surface area contributed by atoms with E-state index >= 15 is 0 Å². The van der Waals surface area contributed by atoms with Crippen molar-refractivity contribution in [2.45, 2.75) is 13.0 Å². The van der Waals surface area contributed by atoms with Crippen LogP contribution < -0.4 is 10.6 Å². The van der Waals surface area contributed by atoms with E-state index in [-0.39, 0.29) is 30.6 Å². The second-order valence-corrected chi connectivity index (χ2v) is 5.90. The maximum atomic E-state index is 12.8. The summed E-state index contributed by atoms with van der Waals surface area (Å²) in [4.78, 5) is 23.5. The highest BCUT2D eigenvalue weighted by Gasteiger charge is 2.07. The fourth-order valence-electron chi connectivity index (χ4n) is 1.94. The molecule has 0 atom stereocenters. The van der Waals surface area contributed by atoms with Crippen LogP contribution in [0.25, 0.3) is 0 Å². The van der Waals surface area contributed by atoms with Gasteiger partial charge in [-0.25, -0.2) is 4.39 Å². The van der Waals surface area contributed by atoms with E-state index in [2.05, 4.69) is 26.6 Å². The van der Waals surface area contributed by atoms with E-state index in [1.54, 1.807) is 12.1 Å². The lowest BCUT2D eigenvalue weighted by Gasteiger charge is -2.07. The number of halogens is 2. The van der Waals surface area contributed by atoms with Crippen molar-refractivity contribution in [3.05, 3.63) is 69.9 Å². The van der Waals surface area contributed by atoms with Crippen LogP contribution in [0.2, 0.25) is 0 Å². The summed E-state index contributed by atoms with van der Waals surface area (Å²) in [5.74, 6) is -0.836. The summed E-state index contributed by atoms with van der Waals surface area (Å²) in [6.07, 6.45) is 0.213. The quantitative estimate of drug-likeness (QED) is 0.811. The van der Waals surface area contributed by atoms with Crippen LogP contribution in [0.15, 0.2) is 53.0 Å². The van der Waals surface area contributed by atoms with Crippen molar-refractivity contribution in [1.29, 1.82) is 0 Å². The molecule has 0 fully saturated rings. The third-order valence-electron chi connectivity index (χ3n) is 3.10. The van der Waals surface area contributed by atoms with Crippen LogP contribution in [0.3, 0.4) is 0 Å². The fraction of sp³-hybridized carbons (Fsp3) is 0.176. The predicted octanol–water partition coefficient (Wildman–Crippen LogP) is 2.56. The van der Waals surface area contributed by atoms with Gasteiger partial charge in [0, 0.05) is 11.0 Å². The monoisotopic (exact) mass is 378 g/mol. The molecule has 0 aliphatic heterocycles. The molecule has 0 radical (unpaired) electrons. The van der Waals surface area contributed by atoms with Gasteiger partial charge in [0.05, 0.1) is 13.0 Å². The van der Waals surface area contributed by atoms with Gasteiger partial charge in [-0.3, -0.25) is 9.59 Å². The first-order chi connectivity index (χ1) is 11.0. The molecule has 0 aliphatic rings. The standard InChI is InChI=1S/C17H16BrFN2O2/c18-14-3-1-2-13(8-14)9-16(22)21-11-17(23)20-10-12-4-6-15(19)7-5-12/h1-8H,9-11H2,(H,20,23)(H,21,22). The second kappa shape index (κ2) is 8.43. The van der Waals surface area contributed by atoms with Gasteiger partial charge in [0.2, 0.25) is 11.8 Å². The zero-order valence-corrected chi connectivity index (χ0v) is 13.9. The van der Waals surface area contributed by atoms with Gasteiger partial charge in [-0.1, -0.05) is 40.2 Å². The smallest absolute Gasteiger partial charge is 0.239 e. The first-order valence-corrected chi connectivity index (χ1v) is 7.84. The first-order valence-electron chi connectivity index (χ1n) is 7.05. The summed E-state index contributed by atoms with van der Waals surface area (Å²) >= 11 is 3.34. The summed E-state index contributed by atoms with van der Waals surface area (Å²) in [5.41, 5.74) is 1.66. The molecule has 2 aromatic rings. The van der Waals surface area contributed by atoms with Crippen LogP contribution in [0, 0.1) is 5.82 Å². The van der Waals surface area contributed by atoms with Crippen LogP contribution in [0.4, 0.5) is 4.39 Å². The van der Waals surface area contributed by atoms with Crippen molar-refractivity contribution < 1.29 is 14.0 Å². The van der Waals surface area contributed by atoms with Crippen molar-refractivity contribution in [3.8, 4) is 0 Å². The lowest BCUT2D eigenvalue weighted by molar-refractivity contribution is -0.125. The maximum absolute atomic E-state index is 12.8. The molecule has 0 aliphatic carbocycles. The van der Waals surface area contributed by atoms with E-state index in [4.69, 9.17) is 0 Å². The molecule has 0 saturated carbocycles. The number of benzene rings is 2. The molecule has 2 aromatic carbocycles.